The molecule has 0 saturated heterocycles. The normalized spacial score (nSPS) is 10.9. The molecule has 1 heterocycles. The molecule has 4 heteroatoms. The summed E-state index contributed by atoms with van der Waals surface area (Å²) in [5, 5.41) is 3.62. The molecule has 0 unspecified atom stereocenters. The van der Waals surface area contributed by atoms with Crippen LogP contribution in [-0.2, 0) is 0 Å². The van der Waals surface area contributed by atoms with Gasteiger partial charge in [0, 0.05) is 5.56 Å². The average molecular weight is 204 g/mol. The Morgan fingerprint density at radius 2 is 1.93 bits per heavy atom. The largest absolute Gasteiger partial charge is 0.439 e. The molecular formula is C11H12N2O2. The van der Waals surface area contributed by atoms with Gasteiger partial charge in [0.1, 0.15) is 0 Å². The molecule has 0 aliphatic carbocycles. The lowest BCUT2D eigenvalue weighted by Crippen LogP contribution is -1.95. The molecule has 0 aliphatic heterocycles. The number of aromatic nitrogens is 2. The summed E-state index contributed by atoms with van der Waals surface area (Å²) in [6, 6.07) is 7.88. The van der Waals surface area contributed by atoms with Gasteiger partial charge in [-0.25, -0.2) is 4.79 Å². The summed E-state index contributed by atoms with van der Waals surface area (Å²) in [5.41, 5.74) is 2.11. The second-order valence-corrected chi connectivity index (χ2v) is 3.72. The molecule has 2 aromatic rings. The number of H-pyrrole nitrogens is 1. The van der Waals surface area contributed by atoms with Crippen LogP contribution in [-0.4, -0.2) is 10.1 Å². The van der Waals surface area contributed by atoms with Crippen molar-refractivity contribution in [2.24, 2.45) is 0 Å². The van der Waals surface area contributed by atoms with Gasteiger partial charge in [-0.3, -0.25) is 9.51 Å². The number of hydrogen-bond donors (Lipinski definition) is 1. The fraction of sp³-hybridized carbons (Fsp3) is 0.273. The topological polar surface area (TPSA) is 58.9 Å². The highest BCUT2D eigenvalue weighted by atomic mass is 16.5. The van der Waals surface area contributed by atoms with Crippen molar-refractivity contribution in [3.63, 3.8) is 0 Å². The second kappa shape index (κ2) is 3.73. The van der Waals surface area contributed by atoms with Crippen molar-refractivity contribution in [3.05, 3.63) is 40.4 Å². The lowest BCUT2D eigenvalue weighted by atomic mass is 10.0. The first-order valence-corrected chi connectivity index (χ1v) is 4.83. The van der Waals surface area contributed by atoms with E-state index in [1.54, 1.807) is 0 Å². The minimum absolute atomic E-state index is 0.468. The second-order valence-electron chi connectivity index (χ2n) is 3.72. The molecule has 0 fully saturated rings. The minimum atomic E-state index is -0.530. The van der Waals surface area contributed by atoms with E-state index in [2.05, 4.69) is 28.5 Å². The quantitative estimate of drug-likeness (QED) is 0.815. The molecule has 78 valence electrons. The molecule has 2 rings (SSSR count). The molecule has 0 spiro atoms. The predicted molar refractivity (Wildman–Crippen MR) is 56.6 cm³/mol. The van der Waals surface area contributed by atoms with Gasteiger partial charge in [-0.1, -0.05) is 43.3 Å². The van der Waals surface area contributed by atoms with E-state index in [0.717, 1.165) is 5.56 Å². The summed E-state index contributed by atoms with van der Waals surface area (Å²) in [5.74, 6) is 0.434. The maximum Gasteiger partial charge on any atom is 0.439 e. The Kier molecular flexibility index (Phi) is 2.41. The summed E-state index contributed by atoms with van der Waals surface area (Å²) in [4.78, 5) is 13.3. The van der Waals surface area contributed by atoms with E-state index in [9.17, 15) is 4.79 Å². The van der Waals surface area contributed by atoms with Gasteiger partial charge in [0.15, 0.2) is 5.82 Å². The Hall–Kier alpha value is -1.84. The minimum Gasteiger partial charge on any atom is -0.296 e. The standard InChI is InChI=1S/C11H12N2O2/c1-7(2)8-3-5-9(6-4-8)10-12-11(14)15-13-10/h3-7H,1-2H3,(H,12,13,14). The highest BCUT2D eigenvalue weighted by Gasteiger charge is 2.04. The van der Waals surface area contributed by atoms with Crippen LogP contribution in [0.25, 0.3) is 11.4 Å². The van der Waals surface area contributed by atoms with Gasteiger partial charge in [0.2, 0.25) is 0 Å². The summed E-state index contributed by atoms with van der Waals surface area (Å²) < 4.78 is 4.44. The van der Waals surface area contributed by atoms with Crippen molar-refractivity contribution in [1.29, 1.82) is 0 Å². The van der Waals surface area contributed by atoms with E-state index in [1.807, 2.05) is 24.3 Å². The van der Waals surface area contributed by atoms with Gasteiger partial charge in [0.05, 0.1) is 0 Å². The Morgan fingerprint density at radius 1 is 1.27 bits per heavy atom. The molecule has 0 amide bonds. The van der Waals surface area contributed by atoms with Crippen molar-refractivity contribution >= 4 is 0 Å². The van der Waals surface area contributed by atoms with Gasteiger partial charge in [-0.15, -0.1) is 0 Å². The van der Waals surface area contributed by atoms with E-state index in [-0.39, 0.29) is 0 Å². The van der Waals surface area contributed by atoms with E-state index in [4.69, 9.17) is 0 Å². The Morgan fingerprint density at radius 3 is 2.40 bits per heavy atom. The van der Waals surface area contributed by atoms with Crippen molar-refractivity contribution in [1.82, 2.24) is 10.1 Å². The van der Waals surface area contributed by atoms with Crippen LogP contribution >= 0.6 is 0 Å². The number of hydrogen-bond acceptors (Lipinski definition) is 3. The molecule has 0 saturated carbocycles. The van der Waals surface area contributed by atoms with E-state index in [0.29, 0.717) is 11.7 Å². The predicted octanol–water partition coefficient (Wildman–Crippen LogP) is 2.15. The third kappa shape index (κ3) is 1.98. The average Bonchev–Trinajstić information content (AvgIpc) is 2.65. The zero-order valence-corrected chi connectivity index (χ0v) is 8.65. The highest BCUT2D eigenvalue weighted by molar-refractivity contribution is 5.54. The zero-order chi connectivity index (χ0) is 10.8. The summed E-state index contributed by atoms with van der Waals surface area (Å²) in [6.45, 7) is 4.26. The Labute approximate surface area is 86.9 Å². The SMILES string of the molecule is CC(C)c1ccc(-c2noc(=O)[nH]2)cc1. The van der Waals surface area contributed by atoms with Crippen LogP contribution in [0.2, 0.25) is 0 Å². The maximum atomic E-state index is 10.8. The lowest BCUT2D eigenvalue weighted by Gasteiger charge is -2.04. The smallest absolute Gasteiger partial charge is 0.296 e. The van der Waals surface area contributed by atoms with Crippen LogP contribution in [0.15, 0.2) is 33.6 Å². The number of nitrogens with zero attached hydrogens (tertiary/aromatic N) is 1. The van der Waals surface area contributed by atoms with Gasteiger partial charge in [-0.2, -0.15) is 0 Å². The first kappa shape index (κ1) is 9.71. The van der Waals surface area contributed by atoms with Gasteiger partial charge in [0.25, 0.3) is 0 Å². The molecule has 15 heavy (non-hydrogen) atoms. The van der Waals surface area contributed by atoms with Crippen molar-refractivity contribution < 1.29 is 4.52 Å². The third-order valence-corrected chi connectivity index (χ3v) is 2.29. The van der Waals surface area contributed by atoms with Crippen LogP contribution in [0.5, 0.6) is 0 Å². The van der Waals surface area contributed by atoms with E-state index >= 15 is 0 Å². The molecule has 1 N–H and O–H groups in total. The molecule has 1 aromatic carbocycles. The summed E-state index contributed by atoms with van der Waals surface area (Å²) in [7, 11) is 0. The molecular weight excluding hydrogens is 192 g/mol. The Balaban J connectivity index is 2.35. The van der Waals surface area contributed by atoms with Crippen molar-refractivity contribution in [2.75, 3.05) is 0 Å². The number of aromatic amines is 1. The summed E-state index contributed by atoms with van der Waals surface area (Å²) in [6.07, 6.45) is 0. The van der Waals surface area contributed by atoms with Crippen LogP contribution in [0.4, 0.5) is 0 Å². The van der Waals surface area contributed by atoms with E-state index < -0.39 is 5.76 Å². The highest BCUT2D eigenvalue weighted by Crippen LogP contribution is 2.18. The lowest BCUT2D eigenvalue weighted by molar-refractivity contribution is 0.388. The zero-order valence-electron chi connectivity index (χ0n) is 8.65. The maximum absolute atomic E-state index is 10.8. The van der Waals surface area contributed by atoms with Gasteiger partial charge in [-0.05, 0) is 11.5 Å². The van der Waals surface area contributed by atoms with Crippen LogP contribution in [0, 0.1) is 0 Å². The van der Waals surface area contributed by atoms with Crippen LogP contribution in [0.1, 0.15) is 25.3 Å². The monoisotopic (exact) mass is 204 g/mol. The fourth-order valence-corrected chi connectivity index (χ4v) is 1.38. The first-order valence-electron chi connectivity index (χ1n) is 4.83. The van der Waals surface area contributed by atoms with Crippen molar-refractivity contribution in [3.8, 4) is 11.4 Å². The van der Waals surface area contributed by atoms with Crippen LogP contribution in [0.3, 0.4) is 0 Å². The van der Waals surface area contributed by atoms with Crippen LogP contribution < -0.4 is 5.76 Å². The molecule has 1 aromatic heterocycles. The van der Waals surface area contributed by atoms with Gasteiger partial charge < -0.3 is 0 Å². The number of nitrogens with one attached hydrogen (secondary N) is 1. The molecule has 0 radical (unpaired) electrons. The van der Waals surface area contributed by atoms with E-state index in [1.165, 1.54) is 5.56 Å². The first-order chi connectivity index (χ1) is 7.16. The fourth-order valence-electron chi connectivity index (χ4n) is 1.38. The van der Waals surface area contributed by atoms with Gasteiger partial charge >= 0.3 is 5.76 Å². The third-order valence-electron chi connectivity index (χ3n) is 2.29. The molecule has 0 aliphatic rings. The molecule has 0 bridgehead atoms. The summed E-state index contributed by atoms with van der Waals surface area (Å²) >= 11 is 0. The number of benzene rings is 1. The molecule has 0 atom stereocenters. The van der Waals surface area contributed by atoms with Crippen molar-refractivity contribution in [2.45, 2.75) is 19.8 Å². The number of rotatable bonds is 2. The molecule has 4 nitrogen and oxygen atoms in total. The Bertz CT molecular complexity index is 494.